The zero-order valence-corrected chi connectivity index (χ0v) is 17.3. The molecule has 3 rings (SSSR count). The second kappa shape index (κ2) is 8.93. The third-order valence-corrected chi connectivity index (χ3v) is 6.00. The molecule has 0 saturated carbocycles. The molecule has 10 heteroatoms. The molecule has 0 aliphatic heterocycles. The third-order valence-electron chi connectivity index (χ3n) is 3.83. The van der Waals surface area contributed by atoms with Crippen molar-refractivity contribution >= 4 is 38.1 Å². The van der Waals surface area contributed by atoms with Gasteiger partial charge in [0.1, 0.15) is 11.5 Å². The van der Waals surface area contributed by atoms with E-state index in [-0.39, 0.29) is 15.9 Å². The number of rotatable bonds is 8. The van der Waals surface area contributed by atoms with Gasteiger partial charge in [0, 0.05) is 17.3 Å². The lowest BCUT2D eigenvalue weighted by Crippen LogP contribution is -2.30. The fourth-order valence-electron chi connectivity index (χ4n) is 2.32. The topological polar surface area (TPSA) is 107 Å². The Morgan fingerprint density at radius 1 is 1.07 bits per heavy atom. The Balaban J connectivity index is 1.60. The summed E-state index contributed by atoms with van der Waals surface area (Å²) in [6, 6.07) is 12.7. The molecule has 8 nitrogen and oxygen atoms in total. The Hall–Kier alpha value is -3.11. The molecule has 1 unspecified atom stereocenters. The maximum absolute atomic E-state index is 12.3. The van der Waals surface area contributed by atoms with Gasteiger partial charge < -0.3 is 14.8 Å². The maximum Gasteiger partial charge on any atom is 0.265 e. The minimum Gasteiger partial charge on any atom is -0.497 e. The first-order chi connectivity index (χ1) is 13.9. The Bertz CT molecular complexity index is 1050. The predicted molar refractivity (Wildman–Crippen MR) is 111 cm³/mol. The molecule has 0 aliphatic carbocycles. The molecular weight excluding hydrogens is 414 g/mol. The highest BCUT2D eigenvalue weighted by Crippen LogP contribution is 2.21. The number of hydrogen-bond donors (Lipinski definition) is 2. The lowest BCUT2D eigenvalue weighted by atomic mass is 10.3. The van der Waals surface area contributed by atoms with Crippen LogP contribution >= 0.6 is 11.3 Å². The van der Waals surface area contributed by atoms with Crippen LogP contribution in [0.25, 0.3) is 0 Å². The van der Waals surface area contributed by atoms with Gasteiger partial charge >= 0.3 is 0 Å². The van der Waals surface area contributed by atoms with Gasteiger partial charge in [0.05, 0.1) is 12.0 Å². The smallest absolute Gasteiger partial charge is 0.265 e. The standard InChI is InChI=1S/C19H19N3O5S2/c1-13(27-16-7-5-15(26-2)6-8-16)18(23)21-14-3-9-17(10-4-14)29(24,25)22-19-20-11-12-28-19/h3-13H,1-2H3,(H,20,22)(H,21,23). The monoisotopic (exact) mass is 433 g/mol. The van der Waals surface area contributed by atoms with Gasteiger partial charge in [-0.05, 0) is 55.5 Å². The van der Waals surface area contributed by atoms with E-state index in [2.05, 4.69) is 15.0 Å². The van der Waals surface area contributed by atoms with Crippen LogP contribution < -0.4 is 19.5 Å². The molecule has 0 fully saturated rings. The summed E-state index contributed by atoms with van der Waals surface area (Å²) in [7, 11) is -2.17. The van der Waals surface area contributed by atoms with Gasteiger partial charge in [0.15, 0.2) is 11.2 Å². The number of methoxy groups -OCH3 is 1. The lowest BCUT2D eigenvalue weighted by molar-refractivity contribution is -0.122. The minimum atomic E-state index is -3.74. The van der Waals surface area contributed by atoms with Crippen LogP contribution in [0.2, 0.25) is 0 Å². The predicted octanol–water partition coefficient (Wildman–Crippen LogP) is 3.36. The molecule has 0 radical (unpaired) electrons. The van der Waals surface area contributed by atoms with Crippen molar-refractivity contribution in [2.45, 2.75) is 17.9 Å². The van der Waals surface area contributed by atoms with Crippen molar-refractivity contribution in [3.05, 3.63) is 60.1 Å². The number of sulfonamides is 1. The van der Waals surface area contributed by atoms with Gasteiger partial charge in [-0.3, -0.25) is 9.52 Å². The molecule has 29 heavy (non-hydrogen) atoms. The Morgan fingerprint density at radius 2 is 1.72 bits per heavy atom. The fraction of sp³-hybridized carbons (Fsp3) is 0.158. The number of nitrogens with zero attached hydrogens (tertiary/aromatic N) is 1. The molecule has 0 aliphatic rings. The van der Waals surface area contributed by atoms with Crippen LogP contribution in [0.15, 0.2) is 65.0 Å². The van der Waals surface area contributed by atoms with E-state index in [9.17, 15) is 13.2 Å². The molecule has 2 N–H and O–H groups in total. The number of thiazole rings is 1. The molecule has 1 aromatic heterocycles. The SMILES string of the molecule is COc1ccc(OC(C)C(=O)Nc2ccc(S(=O)(=O)Nc3nccs3)cc2)cc1. The Labute approximate surface area is 172 Å². The van der Waals surface area contributed by atoms with Crippen LogP contribution in [0.5, 0.6) is 11.5 Å². The summed E-state index contributed by atoms with van der Waals surface area (Å²) < 4.78 is 37.7. The van der Waals surface area contributed by atoms with Gasteiger partial charge in [0.2, 0.25) is 0 Å². The summed E-state index contributed by atoms with van der Waals surface area (Å²) in [6.07, 6.45) is 0.759. The molecule has 2 aromatic carbocycles. The van der Waals surface area contributed by atoms with E-state index in [1.54, 1.807) is 43.7 Å². The van der Waals surface area contributed by atoms with Crippen LogP contribution in [0.3, 0.4) is 0 Å². The highest BCUT2D eigenvalue weighted by Gasteiger charge is 2.17. The summed E-state index contributed by atoms with van der Waals surface area (Å²) in [5, 5.41) is 4.65. The second-order valence-corrected chi connectivity index (χ2v) is 8.47. The van der Waals surface area contributed by atoms with Crippen molar-refractivity contribution < 1.29 is 22.7 Å². The zero-order valence-electron chi connectivity index (χ0n) is 15.7. The number of hydrogen-bond acceptors (Lipinski definition) is 7. The van der Waals surface area contributed by atoms with E-state index < -0.39 is 16.1 Å². The summed E-state index contributed by atoms with van der Waals surface area (Å²) >= 11 is 1.18. The van der Waals surface area contributed by atoms with Crippen LogP contribution in [-0.2, 0) is 14.8 Å². The van der Waals surface area contributed by atoms with Gasteiger partial charge in [-0.2, -0.15) is 0 Å². The highest BCUT2D eigenvalue weighted by molar-refractivity contribution is 7.93. The summed E-state index contributed by atoms with van der Waals surface area (Å²) in [5.74, 6) is 0.856. The van der Waals surface area contributed by atoms with E-state index in [0.717, 1.165) is 0 Å². The maximum atomic E-state index is 12.3. The molecule has 3 aromatic rings. The van der Waals surface area contributed by atoms with E-state index in [4.69, 9.17) is 9.47 Å². The molecule has 1 heterocycles. The van der Waals surface area contributed by atoms with Crippen LogP contribution in [0.1, 0.15) is 6.92 Å². The summed E-state index contributed by atoms with van der Waals surface area (Å²) in [5.41, 5.74) is 0.452. The number of aromatic nitrogens is 1. The van der Waals surface area contributed by atoms with Crippen molar-refractivity contribution in [3.63, 3.8) is 0 Å². The average Bonchev–Trinajstić information content (AvgIpc) is 3.21. The largest absolute Gasteiger partial charge is 0.497 e. The fourth-order valence-corrected chi connectivity index (χ4v) is 4.11. The minimum absolute atomic E-state index is 0.0632. The number of nitrogens with one attached hydrogen (secondary N) is 2. The number of carbonyl (C=O) groups excluding carboxylic acids is 1. The van der Waals surface area contributed by atoms with Crippen molar-refractivity contribution in [2.75, 3.05) is 17.1 Å². The molecule has 0 bridgehead atoms. The van der Waals surface area contributed by atoms with Crippen molar-refractivity contribution in [1.29, 1.82) is 0 Å². The number of benzene rings is 2. The number of amides is 1. The van der Waals surface area contributed by atoms with Crippen molar-refractivity contribution in [3.8, 4) is 11.5 Å². The van der Waals surface area contributed by atoms with Crippen molar-refractivity contribution in [2.24, 2.45) is 0 Å². The Kier molecular flexibility index (Phi) is 6.35. The first-order valence-corrected chi connectivity index (χ1v) is 10.9. The van der Waals surface area contributed by atoms with E-state index in [0.29, 0.717) is 17.2 Å². The average molecular weight is 434 g/mol. The number of carbonyl (C=O) groups is 1. The number of ether oxygens (including phenoxy) is 2. The van der Waals surface area contributed by atoms with Crippen LogP contribution in [0.4, 0.5) is 10.8 Å². The number of anilines is 2. The zero-order chi connectivity index (χ0) is 20.9. The molecule has 1 atom stereocenters. The third kappa shape index (κ3) is 5.46. The molecule has 0 spiro atoms. The van der Waals surface area contributed by atoms with E-state index in [1.165, 1.54) is 41.8 Å². The molecule has 0 saturated heterocycles. The highest BCUT2D eigenvalue weighted by atomic mass is 32.2. The van der Waals surface area contributed by atoms with Gasteiger partial charge in [-0.1, -0.05) is 0 Å². The van der Waals surface area contributed by atoms with E-state index in [1.807, 2.05) is 0 Å². The normalized spacial score (nSPS) is 12.1. The van der Waals surface area contributed by atoms with Crippen LogP contribution in [-0.4, -0.2) is 32.5 Å². The van der Waals surface area contributed by atoms with E-state index >= 15 is 0 Å². The first kappa shape index (κ1) is 20.6. The molecule has 1 amide bonds. The van der Waals surface area contributed by atoms with Gasteiger partial charge in [-0.25, -0.2) is 13.4 Å². The summed E-state index contributed by atoms with van der Waals surface area (Å²) in [4.78, 5) is 16.3. The lowest BCUT2D eigenvalue weighted by Gasteiger charge is -2.15. The molecule has 152 valence electrons. The van der Waals surface area contributed by atoms with Gasteiger partial charge in [-0.15, -0.1) is 11.3 Å². The first-order valence-electron chi connectivity index (χ1n) is 8.51. The van der Waals surface area contributed by atoms with Gasteiger partial charge in [0.25, 0.3) is 15.9 Å². The second-order valence-electron chi connectivity index (χ2n) is 5.89. The van der Waals surface area contributed by atoms with Crippen molar-refractivity contribution in [1.82, 2.24) is 4.98 Å². The van der Waals surface area contributed by atoms with Crippen LogP contribution in [0, 0.1) is 0 Å². The molecular formula is C19H19N3O5S2. The Morgan fingerprint density at radius 3 is 2.31 bits per heavy atom. The summed E-state index contributed by atoms with van der Waals surface area (Å²) in [6.45, 7) is 1.62. The quantitative estimate of drug-likeness (QED) is 0.564.